The molecule has 8 rings (SSSR count). The van der Waals surface area contributed by atoms with Crippen molar-refractivity contribution in [3.63, 3.8) is 0 Å². The Morgan fingerprint density at radius 1 is 0.441 bits per heavy atom. The summed E-state index contributed by atoms with van der Waals surface area (Å²) in [5, 5.41) is -2.86. The van der Waals surface area contributed by atoms with Crippen molar-refractivity contribution in [2.45, 2.75) is 23.3 Å². The molecule has 8 aromatic rings. The quantitative estimate of drug-likeness (QED) is 0.0818. The summed E-state index contributed by atoms with van der Waals surface area (Å²) in [5.74, 6) is -15.4. The highest BCUT2D eigenvalue weighted by Gasteiger charge is 2.86. The molecule has 16 heteroatoms. The number of hydrogen-bond acceptors (Lipinski definition) is 6. The number of halogens is 9. The molecule has 0 saturated carbocycles. The van der Waals surface area contributed by atoms with Gasteiger partial charge in [0, 0.05) is 22.3 Å². The molecule has 1 aromatic heterocycles. The Bertz CT molecular complexity index is 3040. The zero-order chi connectivity index (χ0) is 42.0. The first-order valence-electron chi connectivity index (χ1n) is 17.4. The molecule has 0 saturated heterocycles. The van der Waals surface area contributed by atoms with Gasteiger partial charge in [-0.25, -0.2) is 15.0 Å². The van der Waals surface area contributed by atoms with Crippen LogP contribution in [0.4, 0.5) is 39.5 Å². The van der Waals surface area contributed by atoms with Gasteiger partial charge in [-0.3, -0.25) is 0 Å². The Hall–Kier alpha value is -6.55. The zero-order valence-corrected chi connectivity index (χ0v) is 30.5. The molecule has 1 heterocycles. The fourth-order valence-corrected chi connectivity index (χ4v) is 7.62. The van der Waals surface area contributed by atoms with Gasteiger partial charge in [0.05, 0.1) is 0 Å². The number of benzene rings is 7. The third-order valence-electron chi connectivity index (χ3n) is 9.62. The van der Waals surface area contributed by atoms with Crippen molar-refractivity contribution in [1.29, 1.82) is 0 Å². The SMILES string of the molecule is O=S(=O)(Oc1ccc2ccccc2c1-c1cccc(-c2nc(-c3ccccc3)nc(-c3cccc4c3ccc3ccccc34)n2)c1)C(F)(F)C(F)(F)C(F)(F)C(F)(F)F. The highest BCUT2D eigenvalue weighted by Crippen LogP contribution is 2.55. The minimum atomic E-state index is -7.49. The third kappa shape index (κ3) is 6.56. The van der Waals surface area contributed by atoms with E-state index in [9.17, 15) is 47.9 Å². The van der Waals surface area contributed by atoms with E-state index in [2.05, 4.69) is 4.18 Å². The Balaban J connectivity index is 1.29. The molecule has 0 bridgehead atoms. The summed E-state index contributed by atoms with van der Waals surface area (Å²) in [6.07, 6.45) is -7.25. The van der Waals surface area contributed by atoms with Crippen LogP contribution in [0.1, 0.15) is 0 Å². The fraction of sp³-hybridized carbons (Fsp3) is 0.0930. The monoisotopic (exact) mass is 833 g/mol. The second kappa shape index (κ2) is 14.1. The van der Waals surface area contributed by atoms with Crippen molar-refractivity contribution < 1.29 is 52.1 Å². The molecule has 0 amide bonds. The minimum absolute atomic E-state index is 0.0139. The van der Waals surface area contributed by atoms with Crippen LogP contribution < -0.4 is 4.18 Å². The number of alkyl halides is 9. The van der Waals surface area contributed by atoms with Gasteiger partial charge in [0.25, 0.3) is 0 Å². The molecule has 0 spiro atoms. The molecule has 0 aliphatic rings. The van der Waals surface area contributed by atoms with Crippen molar-refractivity contribution in [2.24, 2.45) is 0 Å². The first-order chi connectivity index (χ1) is 27.9. The van der Waals surface area contributed by atoms with Crippen molar-refractivity contribution >= 4 is 42.4 Å². The first kappa shape index (κ1) is 39.3. The molecule has 0 atom stereocenters. The van der Waals surface area contributed by atoms with Crippen LogP contribution in [0, 0.1) is 0 Å². The average molecular weight is 834 g/mol. The van der Waals surface area contributed by atoms with E-state index in [1.165, 1.54) is 36.4 Å². The maximum atomic E-state index is 14.9. The van der Waals surface area contributed by atoms with Gasteiger partial charge >= 0.3 is 33.4 Å². The predicted octanol–water partition coefficient (Wildman–Crippen LogP) is 12.1. The lowest BCUT2D eigenvalue weighted by Crippen LogP contribution is -2.63. The van der Waals surface area contributed by atoms with Crippen molar-refractivity contribution in [2.75, 3.05) is 0 Å². The smallest absolute Gasteiger partial charge is 0.377 e. The molecule has 0 aliphatic carbocycles. The summed E-state index contributed by atoms with van der Waals surface area (Å²) in [4.78, 5) is 14.3. The number of aromatic nitrogens is 3. The molecule has 0 fully saturated rings. The molecular formula is C43H24F9N3O3S. The van der Waals surface area contributed by atoms with Crippen LogP contribution in [0.3, 0.4) is 0 Å². The lowest BCUT2D eigenvalue weighted by atomic mass is 9.96. The summed E-state index contributed by atoms with van der Waals surface area (Å²) in [7, 11) is -7.28. The summed E-state index contributed by atoms with van der Waals surface area (Å²) in [6, 6.07) is 40.1. The number of hydrogen-bond donors (Lipinski definition) is 0. The maximum Gasteiger partial charge on any atom is 0.460 e. The van der Waals surface area contributed by atoms with Crippen LogP contribution in [0.5, 0.6) is 5.75 Å². The second-order valence-corrected chi connectivity index (χ2v) is 14.9. The Morgan fingerprint density at radius 2 is 0.966 bits per heavy atom. The number of fused-ring (bicyclic) bond motifs is 4. The zero-order valence-electron chi connectivity index (χ0n) is 29.7. The normalized spacial score (nSPS) is 13.0. The highest BCUT2D eigenvalue weighted by atomic mass is 32.2. The van der Waals surface area contributed by atoms with Crippen LogP contribution in [-0.2, 0) is 10.1 Å². The van der Waals surface area contributed by atoms with Crippen molar-refractivity contribution in [3.05, 3.63) is 146 Å². The average Bonchev–Trinajstić information content (AvgIpc) is 3.22. The topological polar surface area (TPSA) is 82.0 Å². The van der Waals surface area contributed by atoms with Gasteiger partial charge in [-0.15, -0.1) is 0 Å². The van der Waals surface area contributed by atoms with Gasteiger partial charge in [0.15, 0.2) is 23.2 Å². The molecule has 7 aromatic carbocycles. The van der Waals surface area contributed by atoms with Gasteiger partial charge in [0.2, 0.25) is 0 Å². The summed E-state index contributed by atoms with van der Waals surface area (Å²) >= 11 is 0. The standard InChI is InChI=1S/C43H24F9N3O3S/c44-40(45,42(48,49)50)41(46,47)43(51,52)59(56,57)58-35-23-21-26-11-5-7-17-31(26)36(35)28-14-8-15-29(24-28)38-53-37(27-12-2-1-3-13-27)54-39(55-38)34-19-9-18-32-30-16-6-4-10-25(30)20-22-33(32)34/h1-24H. The molecule has 0 unspecified atom stereocenters. The first-order valence-corrected chi connectivity index (χ1v) is 18.8. The van der Waals surface area contributed by atoms with Gasteiger partial charge in [-0.2, -0.15) is 47.9 Å². The Labute approximate surface area is 328 Å². The summed E-state index contributed by atoms with van der Waals surface area (Å²) < 4.78 is 155. The molecule has 0 aliphatic heterocycles. The molecule has 298 valence electrons. The molecule has 6 nitrogen and oxygen atoms in total. The van der Waals surface area contributed by atoms with E-state index in [0.29, 0.717) is 16.5 Å². The lowest BCUT2D eigenvalue weighted by molar-refractivity contribution is -0.382. The van der Waals surface area contributed by atoms with E-state index in [0.717, 1.165) is 33.7 Å². The minimum Gasteiger partial charge on any atom is -0.377 e. The molecule has 59 heavy (non-hydrogen) atoms. The van der Waals surface area contributed by atoms with Gasteiger partial charge in [0.1, 0.15) is 0 Å². The highest BCUT2D eigenvalue weighted by molar-refractivity contribution is 7.88. The van der Waals surface area contributed by atoms with Gasteiger partial charge in [-0.05, 0) is 50.0 Å². The Kier molecular flexibility index (Phi) is 9.37. The van der Waals surface area contributed by atoms with Crippen LogP contribution in [0.25, 0.3) is 77.6 Å². The fourth-order valence-electron chi connectivity index (χ4n) is 6.70. The van der Waals surface area contributed by atoms with E-state index >= 15 is 0 Å². The largest absolute Gasteiger partial charge is 0.460 e. The number of rotatable bonds is 9. The molecular weight excluding hydrogens is 810 g/mol. The van der Waals surface area contributed by atoms with Crippen molar-refractivity contribution in [3.8, 4) is 51.0 Å². The van der Waals surface area contributed by atoms with Crippen molar-refractivity contribution in [1.82, 2.24) is 15.0 Å². The second-order valence-electron chi connectivity index (χ2n) is 13.3. The molecule has 0 N–H and O–H groups in total. The summed E-state index contributed by atoms with van der Waals surface area (Å²) in [6.45, 7) is 0. The van der Waals surface area contributed by atoms with E-state index in [4.69, 9.17) is 15.0 Å². The molecule has 0 radical (unpaired) electrons. The van der Waals surface area contributed by atoms with E-state index in [1.54, 1.807) is 42.5 Å². The van der Waals surface area contributed by atoms with Gasteiger partial charge in [-0.1, -0.05) is 133 Å². The maximum absolute atomic E-state index is 14.9. The van der Waals surface area contributed by atoms with E-state index in [1.807, 2.05) is 54.6 Å². The third-order valence-corrected chi connectivity index (χ3v) is 10.9. The van der Waals surface area contributed by atoms with Crippen LogP contribution in [-0.4, -0.2) is 46.6 Å². The van der Waals surface area contributed by atoms with Crippen LogP contribution in [0.2, 0.25) is 0 Å². The van der Waals surface area contributed by atoms with E-state index in [-0.39, 0.29) is 39.5 Å². The Morgan fingerprint density at radius 3 is 1.66 bits per heavy atom. The van der Waals surface area contributed by atoms with E-state index < -0.39 is 39.1 Å². The van der Waals surface area contributed by atoms with Gasteiger partial charge < -0.3 is 4.18 Å². The predicted molar refractivity (Wildman–Crippen MR) is 205 cm³/mol. The van der Waals surface area contributed by atoms with Crippen LogP contribution in [0.15, 0.2) is 146 Å². The van der Waals surface area contributed by atoms with Crippen LogP contribution >= 0.6 is 0 Å². The number of nitrogens with zero attached hydrogens (tertiary/aromatic N) is 3. The lowest BCUT2D eigenvalue weighted by Gasteiger charge is -2.32. The summed E-state index contributed by atoms with van der Waals surface area (Å²) in [5.41, 5.74) is 1.23.